The first kappa shape index (κ1) is 14.9. The van der Waals surface area contributed by atoms with Crippen LogP contribution in [0.25, 0.3) is 0 Å². The Morgan fingerprint density at radius 3 is 2.90 bits per heavy atom. The van der Waals surface area contributed by atoms with Gasteiger partial charge in [-0.3, -0.25) is 0 Å². The molecule has 0 aliphatic rings. The fraction of sp³-hybridized carbons (Fsp3) is 0.357. The maximum Gasteiger partial charge on any atom is 0.175 e. The quantitative estimate of drug-likeness (QED) is 0.840. The van der Waals surface area contributed by atoms with Gasteiger partial charge in [-0.15, -0.1) is 0 Å². The number of imidazole rings is 1. The van der Waals surface area contributed by atoms with E-state index in [-0.39, 0.29) is 0 Å². The smallest absolute Gasteiger partial charge is 0.175 e. The van der Waals surface area contributed by atoms with Gasteiger partial charge in [0.15, 0.2) is 11.5 Å². The number of aromatic nitrogens is 2. The molecule has 2 rings (SSSR count). The molecule has 0 unspecified atom stereocenters. The maximum absolute atomic E-state index is 5.81. The van der Waals surface area contributed by atoms with Crippen molar-refractivity contribution >= 4 is 15.9 Å². The zero-order valence-electron chi connectivity index (χ0n) is 11.4. The van der Waals surface area contributed by atoms with E-state index < -0.39 is 0 Å². The van der Waals surface area contributed by atoms with Gasteiger partial charge in [-0.25, -0.2) is 4.98 Å². The number of ether oxygens (including phenoxy) is 2. The summed E-state index contributed by atoms with van der Waals surface area (Å²) >= 11 is 3.52. The Bertz CT molecular complexity index is 544. The van der Waals surface area contributed by atoms with Gasteiger partial charge in [0.05, 0.1) is 24.5 Å². The molecule has 1 heterocycles. The van der Waals surface area contributed by atoms with Crippen molar-refractivity contribution in [3.05, 3.63) is 40.9 Å². The highest BCUT2D eigenvalue weighted by molar-refractivity contribution is 9.10. The lowest BCUT2D eigenvalue weighted by Gasteiger charge is -2.14. The van der Waals surface area contributed by atoms with Crippen LogP contribution in [0.15, 0.2) is 35.3 Å². The summed E-state index contributed by atoms with van der Waals surface area (Å²) in [5, 5.41) is 0. The number of nitrogens with two attached hydrogens (primary N) is 1. The van der Waals surface area contributed by atoms with E-state index in [9.17, 15) is 0 Å². The number of hydrogen-bond donors (Lipinski definition) is 1. The summed E-state index contributed by atoms with van der Waals surface area (Å²) in [6.07, 6.45) is 6.22. The molecule has 0 aliphatic heterocycles. The van der Waals surface area contributed by atoms with Crippen molar-refractivity contribution in [3.8, 4) is 11.5 Å². The van der Waals surface area contributed by atoms with Crippen molar-refractivity contribution in [2.24, 2.45) is 5.73 Å². The van der Waals surface area contributed by atoms with E-state index in [1.165, 1.54) is 0 Å². The Labute approximate surface area is 126 Å². The van der Waals surface area contributed by atoms with Gasteiger partial charge in [0, 0.05) is 12.4 Å². The van der Waals surface area contributed by atoms with Gasteiger partial charge in [0.25, 0.3) is 0 Å². The predicted molar refractivity (Wildman–Crippen MR) is 81.2 cm³/mol. The fourth-order valence-corrected chi connectivity index (χ4v) is 2.50. The molecule has 0 aliphatic carbocycles. The Balaban J connectivity index is 2.06. The third kappa shape index (κ3) is 3.74. The standard InChI is InChI=1S/C14H18BrN3O2/c1-19-13-9-11(2-3-16)8-12(15)14(13)20-7-6-18-5-4-17-10-18/h4-5,8-10H,2-3,6-7,16H2,1H3. The van der Waals surface area contributed by atoms with Gasteiger partial charge in [-0.1, -0.05) is 0 Å². The summed E-state index contributed by atoms with van der Waals surface area (Å²) < 4.78 is 14.0. The summed E-state index contributed by atoms with van der Waals surface area (Å²) in [4.78, 5) is 3.99. The van der Waals surface area contributed by atoms with E-state index in [0.29, 0.717) is 24.7 Å². The van der Waals surface area contributed by atoms with Gasteiger partial charge in [-0.2, -0.15) is 0 Å². The normalized spacial score (nSPS) is 10.6. The highest BCUT2D eigenvalue weighted by Gasteiger charge is 2.11. The van der Waals surface area contributed by atoms with Crippen LogP contribution in [0.5, 0.6) is 11.5 Å². The van der Waals surface area contributed by atoms with Crippen molar-refractivity contribution in [3.63, 3.8) is 0 Å². The second-order valence-corrected chi connectivity index (χ2v) is 5.15. The highest BCUT2D eigenvalue weighted by atomic mass is 79.9. The number of halogens is 1. The highest BCUT2D eigenvalue weighted by Crippen LogP contribution is 2.36. The topological polar surface area (TPSA) is 62.3 Å². The Hall–Kier alpha value is -1.53. The van der Waals surface area contributed by atoms with E-state index in [2.05, 4.69) is 20.9 Å². The molecule has 0 fully saturated rings. The van der Waals surface area contributed by atoms with E-state index in [1.807, 2.05) is 22.9 Å². The summed E-state index contributed by atoms with van der Waals surface area (Å²) in [7, 11) is 1.64. The molecule has 20 heavy (non-hydrogen) atoms. The van der Waals surface area contributed by atoms with Crippen LogP contribution in [-0.2, 0) is 13.0 Å². The van der Waals surface area contributed by atoms with Crippen LogP contribution in [0.3, 0.4) is 0 Å². The number of nitrogens with zero attached hydrogens (tertiary/aromatic N) is 2. The lowest BCUT2D eigenvalue weighted by Crippen LogP contribution is -2.08. The summed E-state index contributed by atoms with van der Waals surface area (Å²) in [5.41, 5.74) is 6.70. The zero-order valence-corrected chi connectivity index (χ0v) is 13.0. The predicted octanol–water partition coefficient (Wildman–Crippen LogP) is 2.23. The van der Waals surface area contributed by atoms with Crippen LogP contribution in [0.2, 0.25) is 0 Å². The van der Waals surface area contributed by atoms with Gasteiger partial charge < -0.3 is 19.8 Å². The zero-order chi connectivity index (χ0) is 14.4. The van der Waals surface area contributed by atoms with Crippen molar-refractivity contribution < 1.29 is 9.47 Å². The molecular formula is C14H18BrN3O2. The lowest BCUT2D eigenvalue weighted by atomic mass is 10.1. The molecule has 0 radical (unpaired) electrons. The molecular weight excluding hydrogens is 322 g/mol. The molecule has 6 heteroatoms. The lowest BCUT2D eigenvalue weighted by molar-refractivity contribution is 0.278. The largest absolute Gasteiger partial charge is 0.493 e. The Kier molecular flexibility index (Phi) is 5.43. The average Bonchev–Trinajstić information content (AvgIpc) is 2.94. The molecule has 0 saturated carbocycles. The fourth-order valence-electron chi connectivity index (χ4n) is 1.90. The molecule has 0 atom stereocenters. The first-order chi connectivity index (χ1) is 9.74. The Morgan fingerprint density at radius 2 is 2.25 bits per heavy atom. The monoisotopic (exact) mass is 339 g/mol. The van der Waals surface area contributed by atoms with Crippen LogP contribution in [0.4, 0.5) is 0 Å². The first-order valence-corrected chi connectivity index (χ1v) is 7.19. The minimum absolute atomic E-state index is 0.543. The molecule has 2 aromatic rings. The van der Waals surface area contributed by atoms with Crippen LogP contribution < -0.4 is 15.2 Å². The molecule has 0 spiro atoms. The third-order valence-electron chi connectivity index (χ3n) is 2.88. The van der Waals surface area contributed by atoms with Crippen molar-refractivity contribution in [2.45, 2.75) is 13.0 Å². The summed E-state index contributed by atoms with van der Waals surface area (Å²) in [6, 6.07) is 3.98. The Morgan fingerprint density at radius 1 is 1.40 bits per heavy atom. The minimum atomic E-state index is 0.543. The van der Waals surface area contributed by atoms with Crippen LogP contribution in [0.1, 0.15) is 5.56 Å². The molecule has 2 N–H and O–H groups in total. The molecule has 5 nitrogen and oxygen atoms in total. The number of hydrogen-bond acceptors (Lipinski definition) is 4. The van der Waals surface area contributed by atoms with Crippen LogP contribution >= 0.6 is 15.9 Å². The van der Waals surface area contributed by atoms with Crippen LogP contribution in [-0.4, -0.2) is 29.8 Å². The molecule has 1 aromatic heterocycles. The second-order valence-electron chi connectivity index (χ2n) is 4.30. The van der Waals surface area contributed by atoms with Crippen molar-refractivity contribution in [1.82, 2.24) is 9.55 Å². The van der Waals surface area contributed by atoms with E-state index in [0.717, 1.165) is 23.0 Å². The third-order valence-corrected chi connectivity index (χ3v) is 3.47. The van der Waals surface area contributed by atoms with Gasteiger partial charge in [0.1, 0.15) is 6.61 Å². The minimum Gasteiger partial charge on any atom is -0.493 e. The van der Waals surface area contributed by atoms with Crippen molar-refractivity contribution in [1.29, 1.82) is 0 Å². The van der Waals surface area contributed by atoms with Gasteiger partial charge in [-0.05, 0) is 46.6 Å². The average molecular weight is 340 g/mol. The van der Waals surface area contributed by atoms with Gasteiger partial charge in [0.2, 0.25) is 0 Å². The van der Waals surface area contributed by atoms with Crippen LogP contribution in [0, 0.1) is 0 Å². The molecule has 0 saturated heterocycles. The van der Waals surface area contributed by atoms with E-state index in [4.69, 9.17) is 15.2 Å². The molecule has 1 aromatic carbocycles. The first-order valence-electron chi connectivity index (χ1n) is 6.39. The second kappa shape index (κ2) is 7.31. The van der Waals surface area contributed by atoms with E-state index >= 15 is 0 Å². The molecule has 108 valence electrons. The van der Waals surface area contributed by atoms with E-state index in [1.54, 1.807) is 19.6 Å². The molecule has 0 bridgehead atoms. The van der Waals surface area contributed by atoms with Crippen molar-refractivity contribution in [2.75, 3.05) is 20.3 Å². The number of methoxy groups -OCH3 is 1. The van der Waals surface area contributed by atoms with Gasteiger partial charge >= 0.3 is 0 Å². The number of rotatable bonds is 7. The summed E-state index contributed by atoms with van der Waals surface area (Å²) in [5.74, 6) is 1.43. The summed E-state index contributed by atoms with van der Waals surface area (Å²) in [6.45, 7) is 1.89. The maximum atomic E-state index is 5.81. The molecule has 0 amide bonds. The SMILES string of the molecule is COc1cc(CCN)cc(Br)c1OCCn1ccnc1. The number of benzene rings is 1.